The molecule has 2 aromatic heterocycles. The van der Waals surface area contributed by atoms with Crippen LogP contribution in [0.5, 0.6) is 0 Å². The van der Waals surface area contributed by atoms with E-state index in [1.807, 2.05) is 36.9 Å². The lowest BCUT2D eigenvalue weighted by atomic mass is 9.78. The Kier molecular flexibility index (Phi) is 7.14. The van der Waals surface area contributed by atoms with Crippen LogP contribution in [0.2, 0.25) is 0 Å². The molecule has 1 unspecified atom stereocenters. The van der Waals surface area contributed by atoms with Crippen LogP contribution in [0.15, 0.2) is 91.5 Å². The Labute approximate surface area is 195 Å². The normalized spacial score (nSPS) is 11.7. The Morgan fingerprint density at radius 1 is 0.781 bits per heavy atom. The number of nitrogens with zero attached hydrogens (tertiary/aromatic N) is 2. The minimum absolute atomic E-state index is 0.0151. The molecule has 4 aromatic rings. The summed E-state index contributed by atoms with van der Waals surface area (Å²) >= 11 is 0. The third-order valence-electron chi connectivity index (χ3n) is 5.70. The van der Waals surface area contributed by atoms with Crippen molar-refractivity contribution in [2.75, 3.05) is 0 Å². The van der Waals surface area contributed by atoms with Gasteiger partial charge in [0.05, 0.1) is 0 Å². The fourth-order valence-corrected chi connectivity index (χ4v) is 6.96. The van der Waals surface area contributed by atoms with Crippen molar-refractivity contribution >= 4 is 27.8 Å². The SMILES string of the molecule is CC(C)(C)c1c(-c2ccccc2)ccc(CP)c1CP(c1cccnc1)c1cccnc1. The van der Waals surface area contributed by atoms with E-state index in [-0.39, 0.29) is 5.41 Å². The second kappa shape index (κ2) is 10.0. The summed E-state index contributed by atoms with van der Waals surface area (Å²) in [7, 11) is 2.31. The standard InChI is InChI=1S/C28H30N2P2/c1-28(2,3)27-25(21-9-5-4-6-10-21)14-13-22(19-31)26(27)20-32(23-11-7-15-29-17-23)24-12-8-16-30-18-24/h4-18H,19-20,31H2,1-3H3. The Bertz CT molecular complexity index is 1120. The lowest BCUT2D eigenvalue weighted by Gasteiger charge is -2.30. The maximum absolute atomic E-state index is 4.44. The quantitative estimate of drug-likeness (QED) is 0.312. The molecule has 0 spiro atoms. The summed E-state index contributed by atoms with van der Waals surface area (Å²) in [4.78, 5) is 8.89. The van der Waals surface area contributed by atoms with Crippen LogP contribution in [0.3, 0.4) is 0 Å². The van der Waals surface area contributed by atoms with E-state index in [9.17, 15) is 0 Å². The first-order chi connectivity index (χ1) is 15.5. The van der Waals surface area contributed by atoms with Gasteiger partial charge in [-0.2, -0.15) is 0 Å². The van der Waals surface area contributed by atoms with Gasteiger partial charge < -0.3 is 0 Å². The highest BCUT2D eigenvalue weighted by atomic mass is 31.1. The molecule has 2 heterocycles. The Morgan fingerprint density at radius 3 is 1.91 bits per heavy atom. The van der Waals surface area contributed by atoms with Crippen molar-refractivity contribution in [2.45, 2.75) is 38.5 Å². The van der Waals surface area contributed by atoms with Crippen molar-refractivity contribution in [3.8, 4) is 11.1 Å². The Hall–Kier alpha value is -2.40. The van der Waals surface area contributed by atoms with Gasteiger partial charge in [0.25, 0.3) is 0 Å². The van der Waals surface area contributed by atoms with Gasteiger partial charge in [-0.25, -0.2) is 0 Å². The van der Waals surface area contributed by atoms with Crippen molar-refractivity contribution < 1.29 is 0 Å². The lowest BCUT2D eigenvalue weighted by Crippen LogP contribution is -2.20. The van der Waals surface area contributed by atoms with Crippen LogP contribution in [0.4, 0.5) is 0 Å². The van der Waals surface area contributed by atoms with Crippen LogP contribution in [0.1, 0.15) is 37.5 Å². The van der Waals surface area contributed by atoms with Crippen molar-refractivity contribution in [3.05, 3.63) is 108 Å². The van der Waals surface area contributed by atoms with Crippen LogP contribution >= 0.6 is 17.2 Å². The second-order valence-electron chi connectivity index (χ2n) is 8.95. The van der Waals surface area contributed by atoms with Gasteiger partial charge in [-0.1, -0.05) is 75.4 Å². The number of benzene rings is 2. The molecule has 0 saturated carbocycles. The lowest BCUT2D eigenvalue weighted by molar-refractivity contribution is 0.586. The molecule has 0 N–H and O–H groups in total. The van der Waals surface area contributed by atoms with E-state index in [4.69, 9.17) is 0 Å². The van der Waals surface area contributed by atoms with Crippen LogP contribution in [-0.4, -0.2) is 9.97 Å². The van der Waals surface area contributed by atoms with Gasteiger partial charge in [-0.05, 0) is 70.1 Å². The van der Waals surface area contributed by atoms with E-state index in [1.54, 1.807) is 0 Å². The van der Waals surface area contributed by atoms with E-state index in [0.29, 0.717) is 0 Å². The summed E-state index contributed by atoms with van der Waals surface area (Å²) in [6, 6.07) is 23.9. The zero-order chi connectivity index (χ0) is 22.6. The summed E-state index contributed by atoms with van der Waals surface area (Å²) in [6.45, 7) is 7.00. The molecule has 0 aliphatic carbocycles. The van der Waals surface area contributed by atoms with E-state index in [2.05, 4.69) is 94.6 Å². The second-order valence-corrected chi connectivity index (χ2v) is 11.6. The molecule has 162 valence electrons. The number of rotatable bonds is 6. The van der Waals surface area contributed by atoms with Crippen molar-refractivity contribution in [1.29, 1.82) is 0 Å². The zero-order valence-electron chi connectivity index (χ0n) is 19.0. The first-order valence-corrected chi connectivity index (χ1v) is 13.3. The summed E-state index contributed by atoms with van der Waals surface area (Å²) < 4.78 is 0. The number of pyridine rings is 2. The van der Waals surface area contributed by atoms with Crippen LogP contribution in [0.25, 0.3) is 11.1 Å². The maximum Gasteiger partial charge on any atom is 0.0348 e. The largest absolute Gasteiger partial charge is 0.264 e. The van der Waals surface area contributed by atoms with E-state index < -0.39 is 7.92 Å². The fourth-order valence-electron chi connectivity index (χ4n) is 4.29. The first-order valence-electron chi connectivity index (χ1n) is 11.0. The third kappa shape index (κ3) is 4.98. The predicted molar refractivity (Wildman–Crippen MR) is 142 cm³/mol. The fraction of sp³-hybridized carbons (Fsp3) is 0.214. The smallest absolute Gasteiger partial charge is 0.0348 e. The van der Waals surface area contributed by atoms with Crippen LogP contribution < -0.4 is 10.6 Å². The maximum atomic E-state index is 4.44. The predicted octanol–water partition coefficient (Wildman–Crippen LogP) is 6.45. The van der Waals surface area contributed by atoms with Gasteiger partial charge in [0, 0.05) is 30.9 Å². The molecule has 2 nitrogen and oxygen atoms in total. The molecule has 2 aromatic carbocycles. The average molecular weight is 457 g/mol. The zero-order valence-corrected chi connectivity index (χ0v) is 21.0. The van der Waals surface area contributed by atoms with Crippen LogP contribution in [-0.2, 0) is 17.7 Å². The first kappa shape index (κ1) is 22.8. The van der Waals surface area contributed by atoms with Gasteiger partial charge in [-0.15, -0.1) is 9.24 Å². The molecular formula is C28H30N2P2. The number of aromatic nitrogens is 2. The third-order valence-corrected chi connectivity index (χ3v) is 8.54. The minimum atomic E-state index is -0.628. The molecule has 32 heavy (non-hydrogen) atoms. The molecule has 0 saturated heterocycles. The molecule has 0 radical (unpaired) electrons. The molecule has 0 fully saturated rings. The molecular weight excluding hydrogens is 426 g/mol. The van der Waals surface area contributed by atoms with Crippen molar-refractivity contribution in [1.82, 2.24) is 9.97 Å². The highest BCUT2D eigenvalue weighted by molar-refractivity contribution is 7.72. The molecule has 0 bridgehead atoms. The van der Waals surface area contributed by atoms with Gasteiger partial charge >= 0.3 is 0 Å². The highest BCUT2D eigenvalue weighted by Gasteiger charge is 2.27. The molecule has 4 rings (SSSR count). The highest BCUT2D eigenvalue weighted by Crippen LogP contribution is 2.45. The summed E-state index contributed by atoms with van der Waals surface area (Å²) in [6.07, 6.45) is 9.67. The molecule has 1 atom stereocenters. The molecule has 0 aliphatic rings. The van der Waals surface area contributed by atoms with E-state index in [1.165, 1.54) is 38.4 Å². The Balaban J connectivity index is 1.93. The molecule has 0 amide bonds. The minimum Gasteiger partial charge on any atom is -0.264 e. The molecule has 0 aliphatic heterocycles. The average Bonchev–Trinajstić information content (AvgIpc) is 2.83. The van der Waals surface area contributed by atoms with Crippen LogP contribution in [0, 0.1) is 0 Å². The summed E-state index contributed by atoms with van der Waals surface area (Å²) in [5.74, 6) is 0. The Morgan fingerprint density at radius 2 is 1.41 bits per heavy atom. The van der Waals surface area contributed by atoms with Crippen molar-refractivity contribution in [2.24, 2.45) is 0 Å². The molecule has 4 heteroatoms. The van der Waals surface area contributed by atoms with Gasteiger partial charge in [0.1, 0.15) is 0 Å². The van der Waals surface area contributed by atoms with Crippen molar-refractivity contribution in [3.63, 3.8) is 0 Å². The summed E-state index contributed by atoms with van der Waals surface area (Å²) in [5, 5.41) is 2.57. The summed E-state index contributed by atoms with van der Waals surface area (Å²) in [5.41, 5.74) is 6.95. The van der Waals surface area contributed by atoms with Gasteiger partial charge in [-0.3, -0.25) is 9.97 Å². The van der Waals surface area contributed by atoms with E-state index >= 15 is 0 Å². The van der Waals surface area contributed by atoms with E-state index in [0.717, 1.165) is 12.3 Å². The number of hydrogen-bond donors (Lipinski definition) is 0. The number of hydrogen-bond acceptors (Lipinski definition) is 2. The van der Waals surface area contributed by atoms with Gasteiger partial charge in [0.2, 0.25) is 0 Å². The monoisotopic (exact) mass is 456 g/mol. The topological polar surface area (TPSA) is 25.8 Å². The van der Waals surface area contributed by atoms with Gasteiger partial charge in [0.15, 0.2) is 0 Å².